The number of likely N-dealkylation sites (tertiary alicyclic amines) is 1. The summed E-state index contributed by atoms with van der Waals surface area (Å²) < 4.78 is 6.38. The number of carbonyl (C=O) groups excluding carboxylic acids is 1. The molecular weight excluding hydrogens is 322 g/mol. The van der Waals surface area contributed by atoms with E-state index < -0.39 is 0 Å². The van der Waals surface area contributed by atoms with Gasteiger partial charge in [-0.3, -0.25) is 4.79 Å². The van der Waals surface area contributed by atoms with Gasteiger partial charge in [0.1, 0.15) is 5.75 Å². The largest absolute Gasteiger partial charge is 0.492 e. The van der Waals surface area contributed by atoms with Crippen molar-refractivity contribution in [2.24, 2.45) is 5.92 Å². The summed E-state index contributed by atoms with van der Waals surface area (Å²) in [4.78, 5) is 14.5. The predicted octanol–water partition coefficient (Wildman–Crippen LogP) is 2.69. The van der Waals surface area contributed by atoms with Gasteiger partial charge in [-0.05, 0) is 53.7 Å². The standard InChI is InChI=1S/C15H20BrNO3/c1-2-20-14-12(6-3-7-13(14)16)15(19)17-8-4-5-11(9-17)10-18/h3,6-7,11,18H,2,4-5,8-10H2,1H3. The van der Waals surface area contributed by atoms with Crippen LogP contribution in [0.3, 0.4) is 0 Å². The first-order valence-electron chi connectivity index (χ1n) is 6.98. The minimum absolute atomic E-state index is 0.0205. The highest BCUT2D eigenvalue weighted by Crippen LogP contribution is 2.31. The number of piperidine rings is 1. The molecule has 0 spiro atoms. The van der Waals surface area contributed by atoms with Crippen molar-refractivity contribution in [2.75, 3.05) is 26.3 Å². The first-order valence-corrected chi connectivity index (χ1v) is 7.78. The number of aliphatic hydroxyl groups is 1. The lowest BCUT2D eigenvalue weighted by Crippen LogP contribution is -2.41. The van der Waals surface area contributed by atoms with E-state index in [0.29, 0.717) is 24.5 Å². The van der Waals surface area contributed by atoms with Crippen LogP contribution in [0.1, 0.15) is 30.1 Å². The number of carbonyl (C=O) groups is 1. The number of halogens is 1. The number of ether oxygens (including phenoxy) is 1. The van der Waals surface area contributed by atoms with Crippen LogP contribution >= 0.6 is 15.9 Å². The van der Waals surface area contributed by atoms with E-state index in [-0.39, 0.29) is 18.4 Å². The number of amides is 1. The number of benzene rings is 1. The molecule has 1 unspecified atom stereocenters. The minimum Gasteiger partial charge on any atom is -0.492 e. The fraction of sp³-hybridized carbons (Fsp3) is 0.533. The third kappa shape index (κ3) is 3.33. The Bertz CT molecular complexity index is 478. The van der Waals surface area contributed by atoms with E-state index in [1.807, 2.05) is 24.0 Å². The van der Waals surface area contributed by atoms with Crippen molar-refractivity contribution >= 4 is 21.8 Å². The molecule has 1 aliphatic heterocycles. The van der Waals surface area contributed by atoms with Gasteiger partial charge in [-0.15, -0.1) is 0 Å². The average molecular weight is 342 g/mol. The second-order valence-electron chi connectivity index (χ2n) is 4.99. The molecule has 1 amide bonds. The highest BCUT2D eigenvalue weighted by atomic mass is 79.9. The van der Waals surface area contributed by atoms with E-state index in [9.17, 15) is 9.90 Å². The van der Waals surface area contributed by atoms with Gasteiger partial charge in [0.25, 0.3) is 5.91 Å². The Morgan fingerprint density at radius 3 is 3.05 bits per heavy atom. The summed E-state index contributed by atoms with van der Waals surface area (Å²) in [6.07, 6.45) is 1.92. The Labute approximate surface area is 127 Å². The zero-order valence-electron chi connectivity index (χ0n) is 11.6. The third-order valence-electron chi connectivity index (χ3n) is 3.55. The van der Waals surface area contributed by atoms with Gasteiger partial charge in [0.05, 0.1) is 16.6 Å². The number of hydrogen-bond acceptors (Lipinski definition) is 3. The number of nitrogens with zero attached hydrogens (tertiary/aromatic N) is 1. The molecule has 1 heterocycles. The van der Waals surface area contributed by atoms with Crippen molar-refractivity contribution in [3.63, 3.8) is 0 Å². The molecule has 110 valence electrons. The second-order valence-corrected chi connectivity index (χ2v) is 5.85. The van der Waals surface area contributed by atoms with Crippen molar-refractivity contribution < 1.29 is 14.6 Å². The van der Waals surface area contributed by atoms with Crippen molar-refractivity contribution in [2.45, 2.75) is 19.8 Å². The SMILES string of the molecule is CCOc1c(Br)cccc1C(=O)N1CCCC(CO)C1. The van der Waals surface area contributed by atoms with Crippen LogP contribution in [0.25, 0.3) is 0 Å². The maximum absolute atomic E-state index is 12.7. The van der Waals surface area contributed by atoms with Crippen molar-refractivity contribution in [1.29, 1.82) is 0 Å². The van der Waals surface area contributed by atoms with Crippen molar-refractivity contribution in [1.82, 2.24) is 4.90 Å². The maximum Gasteiger partial charge on any atom is 0.257 e. The number of para-hydroxylation sites is 1. The van der Waals surface area contributed by atoms with Crippen LogP contribution < -0.4 is 4.74 Å². The van der Waals surface area contributed by atoms with Crippen LogP contribution in [0.15, 0.2) is 22.7 Å². The quantitative estimate of drug-likeness (QED) is 0.915. The van der Waals surface area contributed by atoms with Gasteiger partial charge in [0, 0.05) is 19.7 Å². The molecule has 4 nitrogen and oxygen atoms in total. The topological polar surface area (TPSA) is 49.8 Å². The molecule has 0 radical (unpaired) electrons. The summed E-state index contributed by atoms with van der Waals surface area (Å²) in [6, 6.07) is 5.50. The second kappa shape index (κ2) is 7.09. The highest BCUT2D eigenvalue weighted by Gasteiger charge is 2.26. The van der Waals surface area contributed by atoms with Crippen LogP contribution in [-0.4, -0.2) is 42.2 Å². The van der Waals surface area contributed by atoms with E-state index in [1.165, 1.54) is 0 Å². The molecule has 1 aromatic carbocycles. The van der Waals surface area contributed by atoms with E-state index in [1.54, 1.807) is 6.07 Å². The summed E-state index contributed by atoms with van der Waals surface area (Å²) in [5.41, 5.74) is 0.583. The molecule has 1 atom stereocenters. The number of hydrogen-bond donors (Lipinski definition) is 1. The highest BCUT2D eigenvalue weighted by molar-refractivity contribution is 9.10. The summed E-state index contributed by atoms with van der Waals surface area (Å²) in [5.74, 6) is 0.773. The molecule has 1 aromatic rings. The van der Waals surface area contributed by atoms with Gasteiger partial charge in [0.15, 0.2) is 0 Å². The Morgan fingerprint density at radius 2 is 2.35 bits per heavy atom. The molecule has 20 heavy (non-hydrogen) atoms. The van der Waals surface area contributed by atoms with Crippen LogP contribution in [0, 0.1) is 5.92 Å². The number of aliphatic hydroxyl groups excluding tert-OH is 1. The summed E-state index contributed by atoms with van der Waals surface area (Å²) in [7, 11) is 0. The third-order valence-corrected chi connectivity index (χ3v) is 4.17. The van der Waals surface area contributed by atoms with Gasteiger partial charge in [-0.25, -0.2) is 0 Å². The Hall–Kier alpha value is -1.07. The van der Waals surface area contributed by atoms with Gasteiger partial charge in [0.2, 0.25) is 0 Å². The van der Waals surface area contributed by atoms with Crippen LogP contribution in [-0.2, 0) is 0 Å². The monoisotopic (exact) mass is 341 g/mol. The molecule has 0 bridgehead atoms. The Balaban J connectivity index is 2.22. The lowest BCUT2D eigenvalue weighted by atomic mass is 9.98. The summed E-state index contributed by atoms with van der Waals surface area (Å²) in [6.45, 7) is 3.92. The van der Waals surface area contributed by atoms with Crippen LogP contribution in [0.5, 0.6) is 5.75 Å². The van der Waals surface area contributed by atoms with Gasteiger partial charge in [-0.1, -0.05) is 6.07 Å². The Kier molecular flexibility index (Phi) is 5.43. The van der Waals surface area contributed by atoms with Crippen LogP contribution in [0.2, 0.25) is 0 Å². The molecule has 1 N–H and O–H groups in total. The normalized spacial score (nSPS) is 18.9. The van der Waals surface area contributed by atoms with Crippen molar-refractivity contribution in [3.05, 3.63) is 28.2 Å². The van der Waals surface area contributed by atoms with Crippen LogP contribution in [0.4, 0.5) is 0 Å². The fourth-order valence-electron chi connectivity index (χ4n) is 2.54. The summed E-state index contributed by atoms with van der Waals surface area (Å²) >= 11 is 3.43. The van der Waals surface area contributed by atoms with Crippen molar-refractivity contribution in [3.8, 4) is 5.75 Å². The van der Waals surface area contributed by atoms with E-state index in [0.717, 1.165) is 23.9 Å². The zero-order chi connectivity index (χ0) is 14.5. The lowest BCUT2D eigenvalue weighted by molar-refractivity contribution is 0.0616. The molecule has 1 aliphatic rings. The van der Waals surface area contributed by atoms with Gasteiger partial charge >= 0.3 is 0 Å². The predicted molar refractivity (Wildman–Crippen MR) is 81.0 cm³/mol. The van der Waals surface area contributed by atoms with E-state index >= 15 is 0 Å². The van der Waals surface area contributed by atoms with E-state index in [4.69, 9.17) is 4.74 Å². The number of rotatable bonds is 4. The first-order chi connectivity index (χ1) is 9.67. The maximum atomic E-state index is 12.7. The van der Waals surface area contributed by atoms with E-state index in [2.05, 4.69) is 15.9 Å². The molecule has 1 fully saturated rings. The molecule has 0 aromatic heterocycles. The smallest absolute Gasteiger partial charge is 0.257 e. The first kappa shape index (κ1) is 15.3. The molecule has 2 rings (SSSR count). The molecule has 5 heteroatoms. The summed E-state index contributed by atoms with van der Waals surface area (Å²) in [5, 5.41) is 9.27. The minimum atomic E-state index is -0.0205. The lowest BCUT2D eigenvalue weighted by Gasteiger charge is -2.32. The Morgan fingerprint density at radius 1 is 1.55 bits per heavy atom. The molecule has 0 aliphatic carbocycles. The average Bonchev–Trinajstić information content (AvgIpc) is 2.49. The zero-order valence-corrected chi connectivity index (χ0v) is 13.2. The molecule has 1 saturated heterocycles. The molecule has 0 saturated carbocycles. The molecular formula is C15H20BrNO3. The fourth-order valence-corrected chi connectivity index (χ4v) is 3.02. The van der Waals surface area contributed by atoms with Gasteiger partial charge in [-0.2, -0.15) is 0 Å². The van der Waals surface area contributed by atoms with Gasteiger partial charge < -0.3 is 14.7 Å².